The monoisotopic (exact) mass is 381 g/mol. The fraction of sp³-hybridized carbons (Fsp3) is 0.500. The first-order valence-electron chi connectivity index (χ1n) is 10.7. The van der Waals surface area contributed by atoms with Crippen LogP contribution in [0.4, 0.5) is 10.1 Å². The number of hydrogen-bond acceptors (Lipinski definition) is 3. The Morgan fingerprint density at radius 2 is 1.64 bits per heavy atom. The van der Waals surface area contributed by atoms with E-state index in [4.69, 9.17) is 0 Å². The second-order valence-electron chi connectivity index (χ2n) is 8.29. The van der Waals surface area contributed by atoms with Gasteiger partial charge in [-0.1, -0.05) is 35.9 Å². The van der Waals surface area contributed by atoms with Crippen molar-refractivity contribution in [1.29, 1.82) is 0 Å². The summed E-state index contributed by atoms with van der Waals surface area (Å²) in [6, 6.07) is 16.8. The van der Waals surface area contributed by atoms with Gasteiger partial charge in [-0.25, -0.2) is 4.39 Å². The second-order valence-corrected chi connectivity index (χ2v) is 8.29. The Morgan fingerprint density at radius 3 is 2.32 bits per heavy atom. The van der Waals surface area contributed by atoms with Crippen molar-refractivity contribution in [3.8, 4) is 0 Å². The molecule has 0 spiro atoms. The minimum Gasteiger partial charge on any atom is -0.371 e. The van der Waals surface area contributed by atoms with Crippen LogP contribution in [-0.2, 0) is 0 Å². The third-order valence-electron chi connectivity index (χ3n) is 6.34. The lowest BCUT2D eigenvalue weighted by molar-refractivity contribution is 0.223. The number of halogens is 1. The Hall–Kier alpha value is -1.91. The van der Waals surface area contributed by atoms with Crippen molar-refractivity contribution in [3.05, 3.63) is 65.5 Å². The molecule has 1 unspecified atom stereocenters. The summed E-state index contributed by atoms with van der Waals surface area (Å²) in [6.07, 6.45) is 4.72. The van der Waals surface area contributed by atoms with Gasteiger partial charge in [-0.15, -0.1) is 0 Å². The fourth-order valence-electron chi connectivity index (χ4n) is 4.61. The van der Waals surface area contributed by atoms with Gasteiger partial charge < -0.3 is 10.2 Å². The van der Waals surface area contributed by atoms with Gasteiger partial charge in [0.1, 0.15) is 5.82 Å². The van der Waals surface area contributed by atoms with Crippen molar-refractivity contribution in [1.82, 2.24) is 10.2 Å². The molecule has 0 bridgehead atoms. The number of nitrogens with one attached hydrogen (secondary N) is 1. The van der Waals surface area contributed by atoms with Crippen LogP contribution in [0.25, 0.3) is 0 Å². The van der Waals surface area contributed by atoms with Gasteiger partial charge in [-0.05, 0) is 63.9 Å². The molecule has 2 aliphatic rings. The van der Waals surface area contributed by atoms with E-state index in [0.717, 1.165) is 51.1 Å². The quantitative estimate of drug-likeness (QED) is 0.793. The van der Waals surface area contributed by atoms with Gasteiger partial charge in [0.2, 0.25) is 0 Å². The predicted octanol–water partition coefficient (Wildman–Crippen LogP) is 4.53. The smallest absolute Gasteiger partial charge is 0.128 e. The lowest BCUT2D eigenvalue weighted by Gasteiger charge is -2.36. The Labute approximate surface area is 168 Å². The van der Waals surface area contributed by atoms with Gasteiger partial charge in [-0.2, -0.15) is 0 Å². The summed E-state index contributed by atoms with van der Waals surface area (Å²) < 4.78 is 14.5. The molecule has 0 saturated carbocycles. The molecule has 1 N–H and O–H groups in total. The summed E-state index contributed by atoms with van der Waals surface area (Å²) in [6.45, 7) is 7.27. The normalized spacial score (nSPS) is 19.9. The van der Waals surface area contributed by atoms with Gasteiger partial charge in [0.25, 0.3) is 0 Å². The molecule has 0 radical (unpaired) electrons. The molecule has 28 heavy (non-hydrogen) atoms. The molecule has 150 valence electrons. The van der Waals surface area contributed by atoms with Gasteiger partial charge in [-0.3, -0.25) is 4.90 Å². The molecule has 2 aliphatic heterocycles. The predicted molar refractivity (Wildman–Crippen MR) is 114 cm³/mol. The maximum atomic E-state index is 14.5. The van der Waals surface area contributed by atoms with Crippen molar-refractivity contribution in [2.75, 3.05) is 37.6 Å². The van der Waals surface area contributed by atoms with Crippen LogP contribution in [0.5, 0.6) is 0 Å². The number of benzene rings is 2. The molecule has 2 heterocycles. The molecule has 2 saturated heterocycles. The highest BCUT2D eigenvalue weighted by atomic mass is 19.1. The summed E-state index contributed by atoms with van der Waals surface area (Å²) in [5.74, 6) is -0.0737. The number of rotatable bonds is 6. The minimum atomic E-state index is -0.0737. The number of likely N-dealkylation sites (tertiary alicyclic amines) is 1. The lowest BCUT2D eigenvalue weighted by Crippen LogP contribution is -2.45. The third kappa shape index (κ3) is 4.56. The van der Waals surface area contributed by atoms with Crippen LogP contribution >= 0.6 is 0 Å². The first-order chi connectivity index (χ1) is 13.7. The van der Waals surface area contributed by atoms with Crippen LogP contribution < -0.4 is 10.2 Å². The van der Waals surface area contributed by atoms with E-state index in [9.17, 15) is 4.39 Å². The number of anilines is 1. The topological polar surface area (TPSA) is 18.5 Å². The van der Waals surface area contributed by atoms with E-state index >= 15 is 0 Å². The average molecular weight is 382 g/mol. The van der Waals surface area contributed by atoms with E-state index in [0.29, 0.717) is 6.04 Å². The Kier molecular flexibility index (Phi) is 6.28. The van der Waals surface area contributed by atoms with Crippen molar-refractivity contribution >= 4 is 5.69 Å². The number of hydrogen-bond donors (Lipinski definition) is 1. The molecule has 3 nitrogen and oxygen atoms in total. The molecule has 2 aromatic rings. The summed E-state index contributed by atoms with van der Waals surface area (Å²) >= 11 is 0. The molecular weight excluding hydrogens is 349 g/mol. The van der Waals surface area contributed by atoms with Crippen LogP contribution in [0.3, 0.4) is 0 Å². The molecular formula is C24H32FN3. The Morgan fingerprint density at radius 1 is 0.964 bits per heavy atom. The first kappa shape index (κ1) is 19.4. The highest BCUT2D eigenvalue weighted by molar-refractivity contribution is 5.47. The zero-order valence-electron chi connectivity index (χ0n) is 16.9. The average Bonchev–Trinajstić information content (AvgIpc) is 3.25. The zero-order chi connectivity index (χ0) is 19.3. The van der Waals surface area contributed by atoms with E-state index in [1.807, 2.05) is 12.1 Å². The van der Waals surface area contributed by atoms with E-state index in [-0.39, 0.29) is 11.9 Å². The molecule has 1 atom stereocenters. The maximum absolute atomic E-state index is 14.5. The molecule has 2 aromatic carbocycles. The van der Waals surface area contributed by atoms with Crippen molar-refractivity contribution in [2.24, 2.45) is 0 Å². The molecule has 0 aliphatic carbocycles. The Bertz CT molecular complexity index is 747. The second kappa shape index (κ2) is 9.06. The van der Waals surface area contributed by atoms with E-state index in [1.165, 1.54) is 24.1 Å². The van der Waals surface area contributed by atoms with E-state index in [2.05, 4.69) is 46.3 Å². The first-order valence-corrected chi connectivity index (χ1v) is 10.7. The standard InChI is InChI=1S/C24H32FN3/c1-19-8-10-21(11-9-19)27-16-12-20(13-17-27)26-18-24(28-14-4-5-15-28)22-6-2-3-7-23(22)25/h2-3,6-11,20,24,26H,4-5,12-18H2,1H3. The minimum absolute atomic E-state index is 0.0737. The molecule has 4 heteroatoms. The number of piperidine rings is 1. The van der Waals surface area contributed by atoms with Crippen LogP contribution in [0.15, 0.2) is 48.5 Å². The fourth-order valence-corrected chi connectivity index (χ4v) is 4.61. The van der Waals surface area contributed by atoms with E-state index < -0.39 is 0 Å². The summed E-state index contributed by atoms with van der Waals surface area (Å²) in [5, 5.41) is 3.77. The SMILES string of the molecule is Cc1ccc(N2CCC(NCC(c3ccccc3F)N3CCCC3)CC2)cc1. The zero-order valence-corrected chi connectivity index (χ0v) is 16.9. The molecule has 0 aromatic heterocycles. The van der Waals surface area contributed by atoms with Crippen LogP contribution in [-0.4, -0.2) is 43.7 Å². The lowest BCUT2D eigenvalue weighted by atomic mass is 10.0. The van der Waals surface area contributed by atoms with Crippen LogP contribution in [0.2, 0.25) is 0 Å². The largest absolute Gasteiger partial charge is 0.371 e. The van der Waals surface area contributed by atoms with Crippen molar-refractivity contribution < 1.29 is 4.39 Å². The van der Waals surface area contributed by atoms with Gasteiger partial charge in [0.15, 0.2) is 0 Å². The number of aryl methyl sites for hydroxylation is 1. The van der Waals surface area contributed by atoms with Crippen LogP contribution in [0.1, 0.15) is 42.9 Å². The number of nitrogens with zero attached hydrogens (tertiary/aromatic N) is 2. The maximum Gasteiger partial charge on any atom is 0.128 e. The van der Waals surface area contributed by atoms with Gasteiger partial charge in [0.05, 0.1) is 6.04 Å². The van der Waals surface area contributed by atoms with Gasteiger partial charge in [0, 0.05) is 36.9 Å². The molecule has 2 fully saturated rings. The summed E-state index contributed by atoms with van der Waals surface area (Å²) in [4.78, 5) is 4.93. The third-order valence-corrected chi connectivity index (χ3v) is 6.34. The highest BCUT2D eigenvalue weighted by Gasteiger charge is 2.27. The summed E-state index contributed by atoms with van der Waals surface area (Å²) in [7, 11) is 0. The van der Waals surface area contributed by atoms with Crippen molar-refractivity contribution in [3.63, 3.8) is 0 Å². The van der Waals surface area contributed by atoms with E-state index in [1.54, 1.807) is 12.1 Å². The molecule has 0 amide bonds. The van der Waals surface area contributed by atoms with Gasteiger partial charge >= 0.3 is 0 Å². The molecule has 4 rings (SSSR count). The Balaban J connectivity index is 1.34. The summed E-state index contributed by atoms with van der Waals surface area (Å²) in [5.41, 5.74) is 3.47. The highest BCUT2D eigenvalue weighted by Crippen LogP contribution is 2.27. The van der Waals surface area contributed by atoms with Crippen LogP contribution in [0, 0.1) is 12.7 Å². The van der Waals surface area contributed by atoms with Crippen molar-refractivity contribution in [2.45, 2.75) is 44.7 Å².